The molecule has 0 unspecified atom stereocenters. The van der Waals surface area contributed by atoms with Crippen LogP contribution in [0.15, 0.2) is 48.5 Å². The van der Waals surface area contributed by atoms with E-state index in [-0.39, 0.29) is 5.41 Å². The molecule has 0 heterocycles. The third-order valence-corrected chi connectivity index (χ3v) is 7.62. The summed E-state index contributed by atoms with van der Waals surface area (Å²) < 4.78 is 0. The van der Waals surface area contributed by atoms with Crippen molar-refractivity contribution in [3.05, 3.63) is 65.2 Å². The first-order valence-corrected chi connectivity index (χ1v) is 11.5. The van der Waals surface area contributed by atoms with Crippen LogP contribution in [0.1, 0.15) is 75.5 Å². The van der Waals surface area contributed by atoms with E-state index in [2.05, 4.69) is 50.2 Å². The van der Waals surface area contributed by atoms with Crippen molar-refractivity contribution in [1.82, 2.24) is 0 Å². The molecule has 2 nitrogen and oxygen atoms in total. The Bertz CT molecular complexity index is 828. The average Bonchev–Trinajstić information content (AvgIpc) is 2.69. The van der Waals surface area contributed by atoms with Crippen molar-refractivity contribution >= 4 is 0 Å². The highest BCUT2D eigenvalue weighted by Gasteiger charge is 2.51. The Morgan fingerprint density at radius 2 is 1.86 bits per heavy atom. The quantitative estimate of drug-likeness (QED) is 0.616. The van der Waals surface area contributed by atoms with E-state index in [4.69, 9.17) is 0 Å². The Morgan fingerprint density at radius 3 is 2.62 bits per heavy atom. The molecule has 2 heteroatoms. The van der Waals surface area contributed by atoms with Crippen LogP contribution in [0, 0.1) is 11.8 Å². The van der Waals surface area contributed by atoms with Crippen LogP contribution in [0.2, 0.25) is 0 Å². The predicted octanol–water partition coefficient (Wildman–Crippen LogP) is 6.18. The Balaban J connectivity index is 1.64. The number of hydrogen-bond acceptors (Lipinski definition) is 2. The number of hydrogen-bond donors (Lipinski definition) is 2. The van der Waals surface area contributed by atoms with Crippen molar-refractivity contribution in [1.29, 1.82) is 0 Å². The van der Waals surface area contributed by atoms with Crippen LogP contribution in [-0.4, -0.2) is 15.8 Å². The lowest BCUT2D eigenvalue weighted by Crippen LogP contribution is -2.51. The first kappa shape index (κ1) is 20.5. The third kappa shape index (κ3) is 4.23. The van der Waals surface area contributed by atoms with E-state index >= 15 is 0 Å². The second-order valence-corrected chi connectivity index (χ2v) is 10.1. The van der Waals surface area contributed by atoms with E-state index in [1.54, 1.807) is 0 Å². The molecule has 3 atom stereocenters. The zero-order valence-electron chi connectivity index (χ0n) is 18.0. The van der Waals surface area contributed by atoms with E-state index in [1.807, 2.05) is 12.1 Å². The smallest absolute Gasteiger partial charge is 0.115 e. The van der Waals surface area contributed by atoms with Crippen LogP contribution in [0.3, 0.4) is 0 Å². The SMILES string of the molecule is CC(C)CCC[C@@]1(O)CC[C@@]2(Cc3ccccc3)c3ccc(O)cc3CC[C@@H]2C1. The molecule has 0 aliphatic heterocycles. The fraction of sp³-hybridized carbons (Fsp3) is 0.556. The molecule has 156 valence electrons. The number of aryl methyl sites for hydroxylation is 1. The van der Waals surface area contributed by atoms with Gasteiger partial charge in [-0.3, -0.25) is 0 Å². The summed E-state index contributed by atoms with van der Waals surface area (Å²) in [4.78, 5) is 0. The maximum atomic E-state index is 11.5. The lowest BCUT2D eigenvalue weighted by Gasteiger charge is -2.53. The topological polar surface area (TPSA) is 40.5 Å². The molecule has 2 aliphatic carbocycles. The molecule has 2 aromatic carbocycles. The van der Waals surface area contributed by atoms with Crippen molar-refractivity contribution in [2.75, 3.05) is 0 Å². The van der Waals surface area contributed by atoms with Crippen molar-refractivity contribution in [3.8, 4) is 5.75 Å². The van der Waals surface area contributed by atoms with Gasteiger partial charge in [0.2, 0.25) is 0 Å². The lowest BCUT2D eigenvalue weighted by atomic mass is 9.52. The largest absolute Gasteiger partial charge is 0.508 e. The number of aromatic hydroxyl groups is 1. The fourth-order valence-corrected chi connectivity index (χ4v) is 6.11. The van der Waals surface area contributed by atoms with Gasteiger partial charge in [-0.25, -0.2) is 0 Å². The highest BCUT2D eigenvalue weighted by molar-refractivity contribution is 5.44. The van der Waals surface area contributed by atoms with E-state index in [0.29, 0.717) is 17.6 Å². The molecule has 1 saturated carbocycles. The van der Waals surface area contributed by atoms with Gasteiger partial charge in [-0.05, 0) is 85.6 Å². The number of fused-ring (bicyclic) bond motifs is 3. The Labute approximate surface area is 176 Å². The molecule has 2 aromatic rings. The molecule has 1 fully saturated rings. The molecule has 0 spiro atoms. The molecule has 0 aromatic heterocycles. The van der Waals surface area contributed by atoms with Crippen molar-refractivity contribution in [2.45, 2.75) is 82.7 Å². The summed E-state index contributed by atoms with van der Waals surface area (Å²) in [7, 11) is 0. The minimum absolute atomic E-state index is 0.0763. The predicted molar refractivity (Wildman–Crippen MR) is 119 cm³/mol. The Hall–Kier alpha value is -1.80. The first-order valence-electron chi connectivity index (χ1n) is 11.5. The minimum Gasteiger partial charge on any atom is -0.508 e. The summed E-state index contributed by atoms with van der Waals surface area (Å²) in [6, 6.07) is 16.8. The van der Waals surface area contributed by atoms with E-state index in [9.17, 15) is 10.2 Å². The normalized spacial score (nSPS) is 28.8. The lowest BCUT2D eigenvalue weighted by molar-refractivity contribution is -0.0579. The number of benzene rings is 2. The maximum Gasteiger partial charge on any atom is 0.115 e. The van der Waals surface area contributed by atoms with E-state index < -0.39 is 5.60 Å². The highest BCUT2D eigenvalue weighted by atomic mass is 16.3. The van der Waals surface area contributed by atoms with Gasteiger partial charge >= 0.3 is 0 Å². The third-order valence-electron chi connectivity index (χ3n) is 7.62. The van der Waals surface area contributed by atoms with Crippen LogP contribution >= 0.6 is 0 Å². The summed E-state index contributed by atoms with van der Waals surface area (Å²) in [5.74, 6) is 1.57. The Morgan fingerprint density at radius 1 is 1.07 bits per heavy atom. The number of phenols is 1. The van der Waals surface area contributed by atoms with Crippen LogP contribution in [0.4, 0.5) is 0 Å². The van der Waals surface area contributed by atoms with Gasteiger partial charge in [0, 0.05) is 5.41 Å². The van der Waals surface area contributed by atoms with Gasteiger partial charge in [0.15, 0.2) is 0 Å². The summed E-state index contributed by atoms with van der Waals surface area (Å²) in [6.07, 6.45) is 9.23. The Kier molecular flexibility index (Phi) is 5.75. The van der Waals surface area contributed by atoms with Gasteiger partial charge in [-0.1, -0.05) is 63.1 Å². The number of phenolic OH excluding ortho intramolecular Hbond substituents is 1. The minimum atomic E-state index is -0.506. The van der Waals surface area contributed by atoms with Crippen molar-refractivity contribution in [3.63, 3.8) is 0 Å². The number of rotatable bonds is 6. The van der Waals surface area contributed by atoms with Crippen molar-refractivity contribution < 1.29 is 10.2 Å². The number of aliphatic hydroxyl groups is 1. The van der Waals surface area contributed by atoms with Crippen LogP contribution in [-0.2, 0) is 18.3 Å². The van der Waals surface area contributed by atoms with Crippen LogP contribution in [0.5, 0.6) is 5.75 Å². The molecular weight excluding hydrogens is 356 g/mol. The zero-order valence-corrected chi connectivity index (χ0v) is 18.0. The van der Waals surface area contributed by atoms with Crippen molar-refractivity contribution in [2.24, 2.45) is 11.8 Å². The molecule has 2 aliphatic rings. The summed E-state index contributed by atoms with van der Waals surface area (Å²) in [5.41, 5.74) is 3.67. The molecule has 2 N–H and O–H groups in total. The van der Waals surface area contributed by atoms with Gasteiger partial charge in [0.05, 0.1) is 5.60 Å². The maximum absolute atomic E-state index is 11.5. The summed E-state index contributed by atoms with van der Waals surface area (Å²) >= 11 is 0. The average molecular weight is 393 g/mol. The fourth-order valence-electron chi connectivity index (χ4n) is 6.11. The van der Waals surface area contributed by atoms with Gasteiger partial charge in [0.25, 0.3) is 0 Å². The zero-order chi connectivity index (χ0) is 20.5. The molecule has 29 heavy (non-hydrogen) atoms. The van der Waals surface area contributed by atoms with Gasteiger partial charge in [-0.2, -0.15) is 0 Å². The van der Waals surface area contributed by atoms with Gasteiger partial charge < -0.3 is 10.2 Å². The molecular formula is C27H36O2. The second kappa shape index (κ2) is 8.14. The molecule has 0 saturated heterocycles. The summed E-state index contributed by atoms with van der Waals surface area (Å²) in [5, 5.41) is 21.5. The molecule has 0 bridgehead atoms. The van der Waals surface area contributed by atoms with Gasteiger partial charge in [-0.15, -0.1) is 0 Å². The van der Waals surface area contributed by atoms with E-state index in [1.165, 1.54) is 23.1 Å². The molecule has 0 radical (unpaired) electrons. The summed E-state index contributed by atoms with van der Waals surface area (Å²) in [6.45, 7) is 4.53. The first-order chi connectivity index (χ1) is 13.9. The molecule has 4 rings (SSSR count). The second-order valence-electron chi connectivity index (χ2n) is 10.1. The standard InChI is InChI=1S/C27H36O2/c1-20(2)7-6-14-26(29)15-16-27(18-21-8-4-3-5-9-21)23(19-26)11-10-22-17-24(28)12-13-25(22)27/h3-5,8-9,12-13,17,20,23,28-29H,6-7,10-11,14-16,18-19H2,1-2H3/t23-,26-,27+/m1/s1. The molecule has 0 amide bonds. The monoisotopic (exact) mass is 392 g/mol. The van der Waals surface area contributed by atoms with E-state index in [0.717, 1.165) is 51.4 Å². The highest BCUT2D eigenvalue weighted by Crippen LogP contribution is 2.55. The van der Waals surface area contributed by atoms with Gasteiger partial charge in [0.1, 0.15) is 5.75 Å². The van der Waals surface area contributed by atoms with Crippen LogP contribution in [0.25, 0.3) is 0 Å². The van der Waals surface area contributed by atoms with Crippen LogP contribution < -0.4 is 0 Å².